The van der Waals surface area contributed by atoms with E-state index in [1.54, 1.807) is 0 Å². The molecule has 1 aliphatic rings. The van der Waals surface area contributed by atoms with E-state index in [4.69, 9.17) is 19.3 Å². The van der Waals surface area contributed by atoms with Crippen LogP contribution in [-0.2, 0) is 9.31 Å². The average Bonchev–Trinajstić information content (AvgIpc) is 3.89. The molecule has 0 bridgehead atoms. The molecule has 0 saturated carbocycles. The third kappa shape index (κ3) is 7.23. The smallest absolute Gasteiger partial charge is 0.399 e. The van der Waals surface area contributed by atoms with Crippen molar-refractivity contribution in [2.75, 3.05) is 0 Å². The fourth-order valence-electron chi connectivity index (χ4n) is 7.55. The molecule has 6 aromatic heterocycles. The number of benzene rings is 4. The van der Waals surface area contributed by atoms with Crippen LogP contribution in [0.5, 0.6) is 0 Å². The highest BCUT2D eigenvalue weighted by molar-refractivity contribution is 9.10. The summed E-state index contributed by atoms with van der Waals surface area (Å²) >= 11 is 3.29. The molecule has 10 aromatic rings. The molecule has 0 aliphatic carbocycles. The maximum absolute atomic E-state index is 6.22. The Balaban J connectivity index is 0.000000128. The van der Waals surface area contributed by atoms with Gasteiger partial charge in [-0.2, -0.15) is 0 Å². The van der Waals surface area contributed by atoms with Crippen LogP contribution in [-0.4, -0.2) is 47.1 Å². The summed E-state index contributed by atoms with van der Waals surface area (Å²) in [5.74, 6) is 0. The molecule has 8 nitrogen and oxygen atoms in total. The third-order valence-corrected chi connectivity index (χ3v) is 12.6. The van der Waals surface area contributed by atoms with Crippen molar-refractivity contribution in [1.82, 2.24) is 28.7 Å². The minimum atomic E-state index is -0.367. The largest absolute Gasteiger partial charge is 0.494 e. The predicted octanol–water partition coefficient (Wildman–Crippen LogP) is 11.7. The maximum atomic E-state index is 6.22. The van der Waals surface area contributed by atoms with Crippen molar-refractivity contribution in [3.63, 3.8) is 0 Å². The molecule has 0 atom stereocenters. The van der Waals surface area contributed by atoms with Gasteiger partial charge >= 0.3 is 7.12 Å². The summed E-state index contributed by atoms with van der Waals surface area (Å²) in [6, 6.07) is 37.7. The molecule has 1 saturated heterocycles. The summed E-state index contributed by atoms with van der Waals surface area (Å²) in [5.41, 5.74) is 13.7. The van der Waals surface area contributed by atoms with Gasteiger partial charge in [0.15, 0.2) is 0 Å². The fraction of sp³-hybridized carbons (Fsp3) is 0.200. The SMILES string of the molecule is CC1(C)OB(c2ccc3ccn4c5ccccc5nc4c3c2)OC1(C)C.Cc1cnc(-c2ccc3ccn4c5ccccc5nc4c3c2)cc1C.Cc1cnc(Br)cc1C. The number of hydrogen-bond acceptors (Lipinski definition) is 6. The molecule has 0 amide bonds. The van der Waals surface area contributed by atoms with E-state index in [0.29, 0.717) is 0 Å². The molecule has 298 valence electrons. The molecular weight excluding hydrogens is 807 g/mol. The van der Waals surface area contributed by atoms with E-state index < -0.39 is 0 Å². The van der Waals surface area contributed by atoms with Gasteiger partial charge in [0, 0.05) is 41.1 Å². The number of imidazole rings is 2. The maximum Gasteiger partial charge on any atom is 0.494 e. The second kappa shape index (κ2) is 15.3. The highest BCUT2D eigenvalue weighted by Gasteiger charge is 2.51. The zero-order valence-electron chi connectivity index (χ0n) is 35.2. The average molecular weight is 854 g/mol. The lowest BCUT2D eigenvalue weighted by atomic mass is 9.78. The van der Waals surface area contributed by atoms with E-state index in [1.165, 1.54) is 27.6 Å². The van der Waals surface area contributed by atoms with Crippen molar-refractivity contribution in [3.8, 4) is 11.3 Å². The minimum absolute atomic E-state index is 0.347. The number of pyridine rings is 4. The Morgan fingerprint density at radius 1 is 0.550 bits per heavy atom. The summed E-state index contributed by atoms with van der Waals surface area (Å²) in [6.45, 7) is 16.6. The molecule has 60 heavy (non-hydrogen) atoms. The van der Waals surface area contributed by atoms with Gasteiger partial charge in [-0.15, -0.1) is 0 Å². The van der Waals surface area contributed by atoms with Gasteiger partial charge < -0.3 is 9.31 Å². The molecule has 4 aromatic carbocycles. The van der Waals surface area contributed by atoms with Gasteiger partial charge in [-0.1, -0.05) is 54.6 Å². The first-order valence-electron chi connectivity index (χ1n) is 20.2. The van der Waals surface area contributed by atoms with E-state index in [9.17, 15) is 0 Å². The van der Waals surface area contributed by atoms with Crippen molar-refractivity contribution >= 4 is 83.4 Å². The first-order chi connectivity index (χ1) is 28.8. The van der Waals surface area contributed by atoms with Gasteiger partial charge in [0.05, 0.1) is 39.0 Å². The standard InChI is InChI=1S/C22H17N3.C21H21BN2O2.C7H8BrN/c1-14-11-20(23-13-15(14)2)17-8-7-16-9-10-25-21-6-4-3-5-19(21)24-22(25)18(16)12-17;1-20(2)21(3,4)26-22(25-20)15-10-9-14-11-12-24-18-8-6-5-7-17(18)23-19(24)16(14)13-15;1-5-3-7(8)9-4-6(5)2/h3-13H,1-2H3;5-13H,1-4H3;3-4H,1-2H3. The van der Waals surface area contributed by atoms with Crippen LogP contribution in [0.1, 0.15) is 49.9 Å². The summed E-state index contributed by atoms with van der Waals surface area (Å²) in [7, 11) is -0.367. The van der Waals surface area contributed by atoms with Gasteiger partial charge in [-0.25, -0.2) is 15.0 Å². The van der Waals surface area contributed by atoms with Crippen molar-refractivity contribution in [3.05, 3.63) is 161 Å². The van der Waals surface area contributed by atoms with Gasteiger partial charge in [-0.3, -0.25) is 13.8 Å². The number of para-hydroxylation sites is 4. The molecule has 0 radical (unpaired) electrons. The van der Waals surface area contributed by atoms with Gasteiger partial charge in [0.2, 0.25) is 0 Å². The van der Waals surface area contributed by atoms with Gasteiger partial charge in [-0.05, 0) is 164 Å². The second-order valence-corrected chi connectivity index (χ2v) is 17.5. The normalized spacial score (nSPS) is 14.5. The highest BCUT2D eigenvalue weighted by atomic mass is 79.9. The van der Waals surface area contributed by atoms with Crippen LogP contribution in [0, 0.1) is 27.7 Å². The molecule has 1 aliphatic heterocycles. The Kier molecular flexibility index (Phi) is 10.1. The molecular formula is C50H46BBrN6O2. The van der Waals surface area contributed by atoms with Crippen LogP contribution in [0.3, 0.4) is 0 Å². The molecule has 11 rings (SSSR count). The summed E-state index contributed by atoms with van der Waals surface area (Å²) < 4.78 is 17.7. The number of aromatic nitrogens is 6. The van der Waals surface area contributed by atoms with Crippen LogP contribution >= 0.6 is 15.9 Å². The molecule has 1 fully saturated rings. The number of nitrogens with zero attached hydrogens (tertiary/aromatic N) is 6. The second-order valence-electron chi connectivity index (χ2n) is 16.7. The zero-order valence-corrected chi connectivity index (χ0v) is 36.7. The molecule has 0 spiro atoms. The number of fused-ring (bicyclic) bond motifs is 10. The Morgan fingerprint density at radius 3 is 1.62 bits per heavy atom. The highest BCUT2D eigenvalue weighted by Crippen LogP contribution is 2.37. The Labute approximate surface area is 358 Å². The van der Waals surface area contributed by atoms with E-state index in [0.717, 1.165) is 70.8 Å². The van der Waals surface area contributed by atoms with Crippen molar-refractivity contribution in [2.45, 2.75) is 66.6 Å². The van der Waals surface area contributed by atoms with Crippen LogP contribution in [0.4, 0.5) is 0 Å². The van der Waals surface area contributed by atoms with E-state index in [-0.39, 0.29) is 18.3 Å². The Bertz CT molecular complexity index is 3250. The van der Waals surface area contributed by atoms with E-state index in [1.807, 2.05) is 42.7 Å². The van der Waals surface area contributed by atoms with Gasteiger partial charge in [0.25, 0.3) is 0 Å². The minimum Gasteiger partial charge on any atom is -0.399 e. The Hall–Kier alpha value is -5.94. The van der Waals surface area contributed by atoms with Crippen LogP contribution in [0.2, 0.25) is 0 Å². The van der Waals surface area contributed by atoms with Crippen molar-refractivity contribution in [2.24, 2.45) is 0 Å². The van der Waals surface area contributed by atoms with Gasteiger partial charge in [0.1, 0.15) is 15.9 Å². The number of hydrogen-bond donors (Lipinski definition) is 0. The number of rotatable bonds is 2. The molecule has 7 heterocycles. The number of aryl methyl sites for hydroxylation is 4. The lowest BCUT2D eigenvalue weighted by molar-refractivity contribution is 0.00578. The summed E-state index contributed by atoms with van der Waals surface area (Å²) in [4.78, 5) is 18.4. The fourth-order valence-corrected chi connectivity index (χ4v) is 7.99. The molecule has 0 unspecified atom stereocenters. The number of halogens is 1. The first-order valence-corrected chi connectivity index (χ1v) is 21.0. The van der Waals surface area contributed by atoms with E-state index in [2.05, 4.69) is 181 Å². The third-order valence-electron chi connectivity index (χ3n) is 12.1. The van der Waals surface area contributed by atoms with E-state index >= 15 is 0 Å². The Morgan fingerprint density at radius 2 is 1.07 bits per heavy atom. The quantitative estimate of drug-likeness (QED) is 0.127. The molecule has 10 heteroatoms. The van der Waals surface area contributed by atoms with Crippen molar-refractivity contribution in [1.29, 1.82) is 0 Å². The molecule has 0 N–H and O–H groups in total. The van der Waals surface area contributed by atoms with Crippen LogP contribution in [0.25, 0.3) is 66.2 Å². The topological polar surface area (TPSA) is 78.8 Å². The van der Waals surface area contributed by atoms with Crippen LogP contribution in [0.15, 0.2) is 139 Å². The lowest BCUT2D eigenvalue weighted by Gasteiger charge is -2.32. The summed E-state index contributed by atoms with van der Waals surface area (Å²) in [6.07, 6.45) is 7.99. The summed E-state index contributed by atoms with van der Waals surface area (Å²) in [5, 5.41) is 4.61. The lowest BCUT2D eigenvalue weighted by Crippen LogP contribution is -2.41. The van der Waals surface area contributed by atoms with Crippen molar-refractivity contribution < 1.29 is 9.31 Å². The monoisotopic (exact) mass is 852 g/mol. The zero-order chi connectivity index (χ0) is 41.9. The van der Waals surface area contributed by atoms with Crippen LogP contribution < -0.4 is 5.46 Å². The predicted molar refractivity (Wildman–Crippen MR) is 250 cm³/mol. The first kappa shape index (κ1) is 39.5.